The fraction of sp³-hybridized carbons (Fsp3) is 0.143. The van der Waals surface area contributed by atoms with Crippen molar-refractivity contribution < 1.29 is 9.59 Å². The molecular formula is C14H13NO2S. The first-order valence-electron chi connectivity index (χ1n) is 5.61. The second-order valence-electron chi connectivity index (χ2n) is 3.81. The van der Waals surface area contributed by atoms with E-state index >= 15 is 0 Å². The molecule has 0 saturated carbocycles. The van der Waals surface area contributed by atoms with Gasteiger partial charge in [-0.3, -0.25) is 4.79 Å². The van der Waals surface area contributed by atoms with Gasteiger partial charge in [-0.2, -0.15) is 11.3 Å². The fourth-order valence-electron chi connectivity index (χ4n) is 1.70. The van der Waals surface area contributed by atoms with Crippen LogP contribution in [-0.4, -0.2) is 18.7 Å². The monoisotopic (exact) mass is 259 g/mol. The maximum Gasteiger partial charge on any atom is 0.231 e. The number of amides is 1. The number of rotatable bonds is 5. The molecule has 0 atom stereocenters. The van der Waals surface area contributed by atoms with Crippen molar-refractivity contribution in [1.29, 1.82) is 0 Å². The quantitative estimate of drug-likeness (QED) is 0.774. The molecule has 2 aromatic rings. The number of carbonyl (C=O) groups is 2. The molecule has 0 fully saturated rings. The van der Waals surface area contributed by atoms with Crippen LogP contribution in [0.2, 0.25) is 0 Å². The summed E-state index contributed by atoms with van der Waals surface area (Å²) in [4.78, 5) is 24.4. The van der Waals surface area contributed by atoms with E-state index in [0.29, 0.717) is 6.42 Å². The number of carbonyl (C=O) groups excluding carboxylic acids is 2. The summed E-state index contributed by atoms with van der Waals surface area (Å²) in [5, 5.41) is 3.89. The van der Waals surface area contributed by atoms with Crippen LogP contribution in [-0.2, 0) is 16.0 Å². The van der Waals surface area contributed by atoms with Crippen molar-refractivity contribution in [3.8, 4) is 0 Å². The van der Waals surface area contributed by atoms with Crippen LogP contribution in [0.3, 0.4) is 0 Å². The Hall–Kier alpha value is -1.94. The lowest BCUT2D eigenvalue weighted by Gasteiger charge is -2.20. The van der Waals surface area contributed by atoms with Crippen molar-refractivity contribution in [3.05, 3.63) is 52.7 Å². The van der Waals surface area contributed by atoms with Gasteiger partial charge in [-0.25, -0.2) is 0 Å². The van der Waals surface area contributed by atoms with Gasteiger partial charge in [0, 0.05) is 5.69 Å². The molecule has 1 aromatic carbocycles. The van der Waals surface area contributed by atoms with Crippen LogP contribution < -0.4 is 4.90 Å². The van der Waals surface area contributed by atoms with E-state index in [1.807, 2.05) is 47.2 Å². The fourth-order valence-corrected chi connectivity index (χ4v) is 2.37. The summed E-state index contributed by atoms with van der Waals surface area (Å²) < 4.78 is 0. The van der Waals surface area contributed by atoms with Gasteiger partial charge in [-0.15, -0.1) is 0 Å². The molecule has 3 nitrogen and oxygen atoms in total. The Morgan fingerprint density at radius 3 is 2.61 bits per heavy atom. The second kappa shape index (κ2) is 6.12. The van der Waals surface area contributed by atoms with E-state index in [-0.39, 0.29) is 12.5 Å². The predicted molar refractivity (Wildman–Crippen MR) is 72.9 cm³/mol. The number of benzene rings is 1. The van der Waals surface area contributed by atoms with Crippen LogP contribution >= 0.6 is 11.3 Å². The first-order valence-corrected chi connectivity index (χ1v) is 6.55. The molecule has 4 heteroatoms. The highest BCUT2D eigenvalue weighted by Crippen LogP contribution is 2.15. The lowest BCUT2D eigenvalue weighted by atomic mass is 10.2. The molecule has 0 N–H and O–H groups in total. The summed E-state index contributed by atoms with van der Waals surface area (Å²) in [6.45, 7) is 0.0903. The molecule has 0 spiro atoms. The van der Waals surface area contributed by atoms with E-state index < -0.39 is 0 Å². The zero-order valence-corrected chi connectivity index (χ0v) is 10.6. The zero-order chi connectivity index (χ0) is 12.8. The Balaban J connectivity index is 2.15. The standard InChI is InChI=1S/C14H13NO2S/c16-8-7-15(13-4-2-1-3-5-13)14(17)10-12-6-9-18-11-12/h1-6,8-9,11H,7,10H2. The van der Waals surface area contributed by atoms with Gasteiger partial charge in [0.25, 0.3) is 0 Å². The summed E-state index contributed by atoms with van der Waals surface area (Å²) in [5.74, 6) is -0.0632. The molecule has 1 aromatic heterocycles. The van der Waals surface area contributed by atoms with Crippen molar-refractivity contribution >= 4 is 29.2 Å². The average Bonchev–Trinajstić information content (AvgIpc) is 2.89. The van der Waals surface area contributed by atoms with Crippen LogP contribution in [0.25, 0.3) is 0 Å². The first kappa shape index (κ1) is 12.5. The lowest BCUT2D eigenvalue weighted by molar-refractivity contribution is -0.119. The molecule has 0 bridgehead atoms. The van der Waals surface area contributed by atoms with Crippen LogP contribution in [0.1, 0.15) is 5.56 Å². The minimum absolute atomic E-state index is 0.0632. The lowest BCUT2D eigenvalue weighted by Crippen LogP contribution is -2.33. The zero-order valence-electron chi connectivity index (χ0n) is 9.78. The minimum atomic E-state index is -0.0632. The molecule has 0 aliphatic heterocycles. The number of aldehydes is 1. The molecule has 1 heterocycles. The molecule has 92 valence electrons. The third-order valence-electron chi connectivity index (χ3n) is 2.56. The molecule has 18 heavy (non-hydrogen) atoms. The molecule has 2 rings (SSSR count). The minimum Gasteiger partial charge on any atom is -0.305 e. The number of nitrogens with zero attached hydrogens (tertiary/aromatic N) is 1. The number of anilines is 1. The highest BCUT2D eigenvalue weighted by molar-refractivity contribution is 7.08. The van der Waals surface area contributed by atoms with E-state index in [0.717, 1.165) is 17.5 Å². The maximum absolute atomic E-state index is 12.2. The number of para-hydroxylation sites is 1. The Kier molecular flexibility index (Phi) is 4.25. The van der Waals surface area contributed by atoms with Crippen molar-refractivity contribution in [3.63, 3.8) is 0 Å². The van der Waals surface area contributed by atoms with E-state index in [1.54, 1.807) is 11.3 Å². The second-order valence-corrected chi connectivity index (χ2v) is 4.59. The average molecular weight is 259 g/mol. The summed E-state index contributed by atoms with van der Waals surface area (Å²) in [5.41, 5.74) is 1.74. The van der Waals surface area contributed by atoms with Gasteiger partial charge in [0.1, 0.15) is 6.29 Å². The van der Waals surface area contributed by atoms with E-state index in [4.69, 9.17) is 0 Å². The Morgan fingerprint density at radius 2 is 2.00 bits per heavy atom. The SMILES string of the molecule is O=CCN(C(=O)Cc1ccsc1)c1ccccc1. The van der Waals surface area contributed by atoms with Gasteiger partial charge in [-0.1, -0.05) is 18.2 Å². The summed E-state index contributed by atoms with van der Waals surface area (Å²) in [6, 6.07) is 11.2. The Bertz CT molecular complexity index is 508. The number of hydrogen-bond acceptors (Lipinski definition) is 3. The summed E-state index contributed by atoms with van der Waals surface area (Å²) in [6.07, 6.45) is 1.07. The van der Waals surface area contributed by atoms with Crippen LogP contribution in [0.4, 0.5) is 5.69 Å². The third-order valence-corrected chi connectivity index (χ3v) is 3.29. The van der Waals surface area contributed by atoms with Gasteiger partial charge in [0.05, 0.1) is 13.0 Å². The van der Waals surface area contributed by atoms with Gasteiger partial charge in [0.2, 0.25) is 5.91 Å². The van der Waals surface area contributed by atoms with Crippen LogP contribution in [0.15, 0.2) is 47.2 Å². The van der Waals surface area contributed by atoms with Crippen molar-refractivity contribution in [2.24, 2.45) is 0 Å². The van der Waals surface area contributed by atoms with Crippen molar-refractivity contribution in [1.82, 2.24) is 0 Å². The van der Waals surface area contributed by atoms with Gasteiger partial charge < -0.3 is 9.69 Å². The van der Waals surface area contributed by atoms with E-state index in [1.165, 1.54) is 4.90 Å². The number of thiophene rings is 1. The summed E-state index contributed by atoms with van der Waals surface area (Å²) >= 11 is 1.56. The van der Waals surface area contributed by atoms with Gasteiger partial charge in [-0.05, 0) is 34.5 Å². The first-order chi connectivity index (χ1) is 8.81. The van der Waals surface area contributed by atoms with E-state index in [9.17, 15) is 9.59 Å². The van der Waals surface area contributed by atoms with Crippen LogP contribution in [0, 0.1) is 0 Å². The molecule has 1 amide bonds. The molecule has 0 saturated heterocycles. The highest BCUT2D eigenvalue weighted by atomic mass is 32.1. The van der Waals surface area contributed by atoms with Gasteiger partial charge in [0.15, 0.2) is 0 Å². The molecule has 0 aliphatic carbocycles. The van der Waals surface area contributed by atoms with Gasteiger partial charge >= 0.3 is 0 Å². The number of hydrogen-bond donors (Lipinski definition) is 0. The summed E-state index contributed by atoms with van der Waals surface area (Å²) in [7, 11) is 0. The maximum atomic E-state index is 12.2. The highest BCUT2D eigenvalue weighted by Gasteiger charge is 2.15. The Morgan fingerprint density at radius 1 is 1.22 bits per heavy atom. The van der Waals surface area contributed by atoms with Crippen LogP contribution in [0.5, 0.6) is 0 Å². The van der Waals surface area contributed by atoms with Crippen molar-refractivity contribution in [2.75, 3.05) is 11.4 Å². The smallest absolute Gasteiger partial charge is 0.231 e. The predicted octanol–water partition coefficient (Wildman–Crippen LogP) is 2.52. The van der Waals surface area contributed by atoms with Crippen molar-refractivity contribution in [2.45, 2.75) is 6.42 Å². The largest absolute Gasteiger partial charge is 0.305 e. The molecule has 0 aliphatic rings. The topological polar surface area (TPSA) is 37.4 Å². The molecular weight excluding hydrogens is 246 g/mol. The normalized spacial score (nSPS) is 10.0. The third kappa shape index (κ3) is 3.05. The Labute approximate surface area is 110 Å². The molecule has 0 radical (unpaired) electrons. The van der Waals surface area contributed by atoms with E-state index in [2.05, 4.69) is 0 Å². The molecule has 0 unspecified atom stereocenters.